The largest absolute Gasteiger partial charge is 0.507 e. The Morgan fingerprint density at radius 3 is 2.55 bits per heavy atom. The summed E-state index contributed by atoms with van der Waals surface area (Å²) in [4.78, 5) is 24.1. The number of rotatable bonds is 5. The fourth-order valence-electron chi connectivity index (χ4n) is 4.23. The monoisotopic (exact) mass is 441 g/mol. The lowest BCUT2D eigenvalue weighted by Crippen LogP contribution is -2.43. The van der Waals surface area contributed by atoms with Gasteiger partial charge in [-0.2, -0.15) is 0 Å². The molecule has 3 unspecified atom stereocenters. The van der Waals surface area contributed by atoms with Gasteiger partial charge in [0.2, 0.25) is 5.91 Å². The molecule has 2 aliphatic heterocycles. The number of amides is 2. The van der Waals surface area contributed by atoms with Gasteiger partial charge in [-0.15, -0.1) is 0 Å². The Morgan fingerprint density at radius 2 is 1.90 bits per heavy atom. The Kier molecular flexibility index (Phi) is 5.75. The number of aromatic hydroxyl groups is 1. The van der Waals surface area contributed by atoms with E-state index in [0.717, 1.165) is 51.7 Å². The molecule has 31 heavy (non-hydrogen) atoms. The summed E-state index contributed by atoms with van der Waals surface area (Å²) in [6.45, 7) is 8.03. The first-order valence-corrected chi connectivity index (χ1v) is 11.3. The lowest BCUT2D eigenvalue weighted by molar-refractivity contribution is -0.123. The molecule has 2 aliphatic rings. The third kappa shape index (κ3) is 4.04. The molecule has 2 aromatic carbocycles. The summed E-state index contributed by atoms with van der Waals surface area (Å²) >= 11 is 0.965. The molecule has 2 N–H and O–H groups in total. The van der Waals surface area contributed by atoms with Crippen LogP contribution >= 0.6 is 11.8 Å². The number of carbonyl (C=O) groups is 2. The number of hydrogen-bond acceptors (Lipinski definition) is 6. The van der Waals surface area contributed by atoms with Gasteiger partial charge in [-0.05, 0) is 74.6 Å². The van der Waals surface area contributed by atoms with E-state index in [1.54, 1.807) is 0 Å². The minimum Gasteiger partial charge on any atom is -0.507 e. The molecule has 4 rings (SSSR count). The number of carbonyl (C=O) groups excluding carboxylic acids is 2. The second kappa shape index (κ2) is 8.20. The van der Waals surface area contributed by atoms with Gasteiger partial charge in [0.15, 0.2) is 0 Å². The van der Waals surface area contributed by atoms with E-state index in [1.807, 2.05) is 58.0 Å². The van der Waals surface area contributed by atoms with Gasteiger partial charge in [0.1, 0.15) is 28.5 Å². The summed E-state index contributed by atoms with van der Waals surface area (Å²) in [5.41, 5.74) is 3.90. The molecule has 0 saturated carbocycles. The van der Waals surface area contributed by atoms with Crippen molar-refractivity contribution < 1.29 is 24.2 Å². The molecular weight excluding hydrogens is 414 g/mol. The van der Waals surface area contributed by atoms with Gasteiger partial charge < -0.3 is 14.6 Å². The number of phenolic OH excluding ortho intramolecular Hbond substituents is 1. The molecule has 164 valence electrons. The van der Waals surface area contributed by atoms with Crippen molar-refractivity contribution in [3.63, 3.8) is 0 Å². The van der Waals surface area contributed by atoms with Crippen molar-refractivity contribution in [3.05, 3.63) is 58.1 Å². The number of imide groups is 1. The van der Waals surface area contributed by atoms with Crippen LogP contribution < -0.4 is 10.1 Å². The van der Waals surface area contributed by atoms with E-state index < -0.39 is 17.0 Å². The Bertz CT molecular complexity index is 1040. The van der Waals surface area contributed by atoms with Crippen LogP contribution in [0.25, 0.3) is 0 Å². The van der Waals surface area contributed by atoms with Crippen LogP contribution in [0, 0.1) is 20.8 Å². The van der Waals surface area contributed by atoms with E-state index in [-0.39, 0.29) is 17.8 Å². The Hall–Kier alpha value is -2.51. The van der Waals surface area contributed by atoms with Crippen LogP contribution in [0.5, 0.6) is 11.5 Å². The SMILES string of the molecule is Cc1c(C)c2c(c(C)c1O)CCC(C)(COC(c1ccccc1)C1SC(=O)NC1=O)O2. The van der Waals surface area contributed by atoms with Crippen molar-refractivity contribution in [2.45, 2.75) is 57.5 Å². The van der Waals surface area contributed by atoms with Gasteiger partial charge in [-0.1, -0.05) is 30.3 Å². The first-order valence-electron chi connectivity index (χ1n) is 10.4. The standard InChI is InChI=1S/C24H27NO5S/c1-13-14(2)19-17(15(3)18(13)26)10-11-24(4,30-19)12-29-20(16-8-6-5-7-9-16)21-22(27)25-23(28)31-21/h5-9,20-21,26H,10-12H2,1-4H3,(H,25,27,28). The van der Waals surface area contributed by atoms with Gasteiger partial charge in [0, 0.05) is 5.56 Å². The average Bonchev–Trinajstić information content (AvgIpc) is 3.09. The molecule has 1 fully saturated rings. The third-order valence-corrected chi connectivity index (χ3v) is 7.31. The maximum Gasteiger partial charge on any atom is 0.286 e. The summed E-state index contributed by atoms with van der Waals surface area (Å²) in [5, 5.41) is 11.8. The molecular formula is C24H27NO5S. The highest BCUT2D eigenvalue weighted by molar-refractivity contribution is 8.15. The number of hydrogen-bond donors (Lipinski definition) is 2. The zero-order valence-electron chi connectivity index (χ0n) is 18.2. The van der Waals surface area contributed by atoms with Crippen LogP contribution in [-0.4, -0.2) is 33.7 Å². The van der Waals surface area contributed by atoms with Crippen molar-refractivity contribution in [1.82, 2.24) is 5.32 Å². The van der Waals surface area contributed by atoms with Crippen molar-refractivity contribution in [2.24, 2.45) is 0 Å². The van der Waals surface area contributed by atoms with Crippen molar-refractivity contribution >= 4 is 22.9 Å². The van der Waals surface area contributed by atoms with Crippen LogP contribution in [0.15, 0.2) is 30.3 Å². The number of nitrogens with one attached hydrogen (secondary N) is 1. The number of ether oxygens (including phenoxy) is 2. The van der Waals surface area contributed by atoms with Crippen LogP contribution in [0.4, 0.5) is 4.79 Å². The van der Waals surface area contributed by atoms with E-state index in [4.69, 9.17) is 9.47 Å². The van der Waals surface area contributed by atoms with E-state index in [0.29, 0.717) is 12.2 Å². The quantitative estimate of drug-likeness (QED) is 0.710. The number of fused-ring (bicyclic) bond motifs is 1. The molecule has 0 aromatic heterocycles. The number of phenols is 1. The maximum absolute atomic E-state index is 12.4. The summed E-state index contributed by atoms with van der Waals surface area (Å²) in [6, 6.07) is 9.49. The molecule has 0 radical (unpaired) electrons. The first kappa shape index (κ1) is 21.7. The Morgan fingerprint density at radius 1 is 1.19 bits per heavy atom. The Labute approximate surface area is 186 Å². The minimum absolute atomic E-state index is 0.267. The van der Waals surface area contributed by atoms with Gasteiger partial charge in [0.05, 0.1) is 6.61 Å². The first-order chi connectivity index (χ1) is 14.7. The van der Waals surface area contributed by atoms with Crippen LogP contribution in [0.2, 0.25) is 0 Å². The van der Waals surface area contributed by atoms with Crippen LogP contribution in [-0.2, 0) is 16.0 Å². The molecule has 0 bridgehead atoms. The lowest BCUT2D eigenvalue weighted by atomic mass is 9.87. The van der Waals surface area contributed by atoms with Crippen molar-refractivity contribution in [2.75, 3.05) is 6.61 Å². The highest BCUT2D eigenvalue weighted by Crippen LogP contribution is 2.44. The topological polar surface area (TPSA) is 84.9 Å². The molecule has 2 heterocycles. The van der Waals surface area contributed by atoms with E-state index >= 15 is 0 Å². The van der Waals surface area contributed by atoms with Crippen molar-refractivity contribution in [3.8, 4) is 11.5 Å². The third-order valence-electron chi connectivity index (χ3n) is 6.28. The zero-order valence-corrected chi connectivity index (χ0v) is 19.0. The van der Waals surface area contributed by atoms with Gasteiger partial charge in [0.25, 0.3) is 5.24 Å². The zero-order chi connectivity index (χ0) is 22.3. The maximum atomic E-state index is 12.4. The summed E-state index contributed by atoms with van der Waals surface area (Å²) in [6.07, 6.45) is 0.916. The normalized spacial score (nSPS) is 23.8. The molecule has 7 heteroatoms. The molecule has 0 aliphatic carbocycles. The van der Waals surface area contributed by atoms with E-state index in [9.17, 15) is 14.7 Å². The van der Waals surface area contributed by atoms with Gasteiger partial charge in [-0.3, -0.25) is 14.9 Å². The van der Waals surface area contributed by atoms with E-state index in [2.05, 4.69) is 5.32 Å². The predicted molar refractivity (Wildman–Crippen MR) is 120 cm³/mol. The predicted octanol–water partition coefficient (Wildman–Crippen LogP) is 4.51. The fourth-order valence-corrected chi connectivity index (χ4v) is 5.15. The smallest absolute Gasteiger partial charge is 0.286 e. The number of benzene rings is 2. The molecule has 6 nitrogen and oxygen atoms in total. The average molecular weight is 442 g/mol. The molecule has 0 spiro atoms. The Balaban J connectivity index is 1.58. The lowest BCUT2D eigenvalue weighted by Gasteiger charge is -2.38. The van der Waals surface area contributed by atoms with Gasteiger partial charge >= 0.3 is 0 Å². The number of thioether (sulfide) groups is 1. The highest BCUT2D eigenvalue weighted by Gasteiger charge is 2.42. The second-order valence-electron chi connectivity index (χ2n) is 8.54. The molecule has 1 saturated heterocycles. The van der Waals surface area contributed by atoms with Crippen LogP contribution in [0.1, 0.15) is 47.3 Å². The molecule has 2 amide bonds. The van der Waals surface area contributed by atoms with Crippen LogP contribution in [0.3, 0.4) is 0 Å². The molecule has 2 aromatic rings. The van der Waals surface area contributed by atoms with E-state index in [1.165, 1.54) is 0 Å². The summed E-state index contributed by atoms with van der Waals surface area (Å²) in [7, 11) is 0. The summed E-state index contributed by atoms with van der Waals surface area (Å²) in [5.74, 6) is 0.809. The molecule has 3 atom stereocenters. The minimum atomic E-state index is -0.641. The fraction of sp³-hybridized carbons (Fsp3) is 0.417. The van der Waals surface area contributed by atoms with Gasteiger partial charge in [-0.25, -0.2) is 0 Å². The van der Waals surface area contributed by atoms with Crippen molar-refractivity contribution in [1.29, 1.82) is 0 Å². The second-order valence-corrected chi connectivity index (χ2v) is 9.66. The summed E-state index contributed by atoms with van der Waals surface area (Å²) < 4.78 is 12.8. The highest BCUT2D eigenvalue weighted by atomic mass is 32.2.